The molecule has 0 aromatic heterocycles. The Labute approximate surface area is 189 Å². The summed E-state index contributed by atoms with van der Waals surface area (Å²) < 4.78 is 57.6. The third kappa shape index (κ3) is 4.65. The van der Waals surface area contributed by atoms with Crippen LogP contribution in [0.1, 0.15) is 42.0 Å². The van der Waals surface area contributed by atoms with Crippen LogP contribution in [0.2, 0.25) is 0 Å². The van der Waals surface area contributed by atoms with E-state index >= 15 is 0 Å². The smallest absolute Gasteiger partial charge is 0.387 e. The molecule has 9 heteroatoms. The van der Waals surface area contributed by atoms with Gasteiger partial charge in [0.05, 0.1) is 12.2 Å². The molecule has 1 aliphatic rings. The van der Waals surface area contributed by atoms with Gasteiger partial charge in [-0.05, 0) is 47.4 Å². The van der Waals surface area contributed by atoms with Crippen molar-refractivity contribution in [1.29, 1.82) is 0 Å². The Bertz CT molecular complexity index is 1140. The highest BCUT2D eigenvalue weighted by Crippen LogP contribution is 2.41. The van der Waals surface area contributed by atoms with E-state index in [0.29, 0.717) is 6.42 Å². The van der Waals surface area contributed by atoms with Gasteiger partial charge in [-0.2, -0.15) is 8.78 Å². The number of aryl methyl sites for hydroxylation is 1. The van der Waals surface area contributed by atoms with Crippen molar-refractivity contribution in [3.63, 3.8) is 0 Å². The van der Waals surface area contributed by atoms with Gasteiger partial charge in [0, 0.05) is 19.9 Å². The fraction of sp³-hybridized carbons (Fsp3) is 0.333. The van der Waals surface area contributed by atoms with Crippen LogP contribution < -0.4 is 10.5 Å². The third-order valence-electron chi connectivity index (χ3n) is 5.28. The van der Waals surface area contributed by atoms with Gasteiger partial charge >= 0.3 is 6.61 Å². The number of amides is 1. The molecule has 3 rings (SSSR count). The highest BCUT2D eigenvalue weighted by Gasteiger charge is 2.50. The summed E-state index contributed by atoms with van der Waals surface area (Å²) in [6.45, 7) is -1.99. The number of alkyl halides is 3. The number of unbranched alkanes of at least 4 members (excludes halogenated alkanes) is 1. The Balaban J connectivity index is 2.23. The van der Waals surface area contributed by atoms with E-state index in [4.69, 9.17) is 5.73 Å². The summed E-state index contributed by atoms with van der Waals surface area (Å²) in [4.78, 5) is 18.9. The predicted molar refractivity (Wildman–Crippen MR) is 116 cm³/mol. The molecule has 0 aliphatic carbocycles. The molecule has 0 fully saturated rings. The van der Waals surface area contributed by atoms with E-state index in [1.807, 2.05) is 6.92 Å². The first-order valence-corrected chi connectivity index (χ1v) is 10.3. The molecule has 1 amide bonds. The van der Waals surface area contributed by atoms with E-state index in [1.165, 1.54) is 43.4 Å². The maximum absolute atomic E-state index is 14.4. The van der Waals surface area contributed by atoms with Crippen molar-refractivity contribution in [2.75, 3.05) is 13.7 Å². The second kappa shape index (κ2) is 9.94. The van der Waals surface area contributed by atoms with Gasteiger partial charge in [0.25, 0.3) is 5.91 Å². The second-order valence-electron chi connectivity index (χ2n) is 7.43. The molecule has 33 heavy (non-hydrogen) atoms. The van der Waals surface area contributed by atoms with Gasteiger partial charge in [0.1, 0.15) is 11.6 Å². The molecule has 2 aromatic carbocycles. The number of nitrogens with zero attached hydrogens (tertiary/aromatic N) is 2. The minimum Gasteiger partial charge on any atom is -0.435 e. The molecule has 0 spiro atoms. The summed E-state index contributed by atoms with van der Waals surface area (Å²) in [5.74, 6) is 4.25. The molecule has 0 bridgehead atoms. The molecule has 2 N–H and O–H groups in total. The van der Waals surface area contributed by atoms with Crippen molar-refractivity contribution in [3.8, 4) is 17.6 Å². The summed E-state index contributed by atoms with van der Waals surface area (Å²) >= 11 is 0. The first-order chi connectivity index (χ1) is 15.7. The van der Waals surface area contributed by atoms with Gasteiger partial charge in [-0.3, -0.25) is 14.1 Å². The third-order valence-corrected chi connectivity index (χ3v) is 5.28. The zero-order chi connectivity index (χ0) is 24.2. The molecule has 2 aromatic rings. The number of halogens is 4. The van der Waals surface area contributed by atoms with Crippen LogP contribution in [0.15, 0.2) is 41.4 Å². The van der Waals surface area contributed by atoms with E-state index in [1.54, 1.807) is 0 Å². The van der Waals surface area contributed by atoms with Crippen molar-refractivity contribution in [2.24, 2.45) is 10.7 Å². The Kier molecular flexibility index (Phi) is 7.26. The van der Waals surface area contributed by atoms with Gasteiger partial charge in [-0.15, -0.1) is 0 Å². The Morgan fingerprint density at radius 2 is 1.91 bits per heavy atom. The number of aliphatic imine (C=N–C) groups is 1. The van der Waals surface area contributed by atoms with Crippen LogP contribution in [0, 0.1) is 17.7 Å². The monoisotopic (exact) mass is 461 g/mol. The Morgan fingerprint density at radius 3 is 2.52 bits per heavy atom. The lowest BCUT2D eigenvalue weighted by Crippen LogP contribution is -2.41. The lowest BCUT2D eigenvalue weighted by atomic mass is 9.81. The molecule has 0 saturated carbocycles. The minimum atomic E-state index is -3.10. The normalized spacial score (nSPS) is 17.7. The fourth-order valence-corrected chi connectivity index (χ4v) is 3.63. The molecule has 5 nitrogen and oxygen atoms in total. The number of carbonyl (C=O) groups excluding carboxylic acids is 1. The van der Waals surface area contributed by atoms with Crippen LogP contribution in [0.25, 0.3) is 0 Å². The van der Waals surface area contributed by atoms with Crippen LogP contribution in [-0.4, -0.2) is 37.1 Å². The highest BCUT2D eigenvalue weighted by molar-refractivity contribution is 6.09. The number of rotatable bonds is 7. The van der Waals surface area contributed by atoms with Crippen LogP contribution in [0.4, 0.5) is 17.6 Å². The zero-order valence-corrected chi connectivity index (χ0v) is 18.2. The van der Waals surface area contributed by atoms with Crippen LogP contribution >= 0.6 is 0 Å². The molecule has 1 aliphatic heterocycles. The van der Waals surface area contributed by atoms with E-state index in [0.717, 1.165) is 11.3 Å². The van der Waals surface area contributed by atoms with Crippen molar-refractivity contribution < 1.29 is 27.1 Å². The summed E-state index contributed by atoms with van der Waals surface area (Å²) in [5.41, 5.74) is 4.98. The Morgan fingerprint density at radius 1 is 1.21 bits per heavy atom. The number of benzene rings is 2. The zero-order valence-electron chi connectivity index (χ0n) is 18.2. The molecule has 1 heterocycles. The molecule has 0 saturated heterocycles. The summed E-state index contributed by atoms with van der Waals surface area (Å²) in [6, 6.07) is 8.00. The highest BCUT2D eigenvalue weighted by atomic mass is 19.3. The van der Waals surface area contributed by atoms with Gasteiger partial charge in [-0.25, -0.2) is 9.38 Å². The quantitative estimate of drug-likeness (QED) is 0.498. The fourth-order valence-electron chi connectivity index (χ4n) is 3.63. The molecule has 1 unspecified atom stereocenters. The number of guanidine groups is 1. The molecule has 174 valence electrons. The number of nitrogens with two attached hydrogens (primary N) is 1. The predicted octanol–water partition coefficient (Wildman–Crippen LogP) is 4.12. The van der Waals surface area contributed by atoms with Gasteiger partial charge in [0.15, 0.2) is 11.5 Å². The lowest BCUT2D eigenvalue weighted by Gasteiger charge is -2.27. The molecular weight excluding hydrogens is 438 g/mol. The first-order valence-electron chi connectivity index (χ1n) is 10.3. The van der Waals surface area contributed by atoms with Crippen LogP contribution in [0.3, 0.4) is 0 Å². The van der Waals surface area contributed by atoms with Crippen molar-refractivity contribution >= 4 is 11.9 Å². The second-order valence-corrected chi connectivity index (χ2v) is 7.43. The number of hydrogen-bond donors (Lipinski definition) is 1. The summed E-state index contributed by atoms with van der Waals surface area (Å²) in [5, 5.41) is 0. The lowest BCUT2D eigenvalue weighted by molar-refractivity contribution is -0.129. The maximum atomic E-state index is 14.4. The van der Waals surface area contributed by atoms with E-state index in [-0.39, 0.29) is 40.4 Å². The average Bonchev–Trinajstić information content (AvgIpc) is 3.01. The van der Waals surface area contributed by atoms with E-state index < -0.39 is 30.5 Å². The maximum Gasteiger partial charge on any atom is 0.387 e. The number of hydrogen-bond acceptors (Lipinski definition) is 4. The van der Waals surface area contributed by atoms with Crippen LogP contribution in [-0.2, 0) is 16.8 Å². The van der Waals surface area contributed by atoms with E-state index in [9.17, 15) is 22.4 Å². The van der Waals surface area contributed by atoms with Gasteiger partial charge < -0.3 is 10.5 Å². The molecule has 1 atom stereocenters. The van der Waals surface area contributed by atoms with Gasteiger partial charge in [0.2, 0.25) is 0 Å². The Hall–Kier alpha value is -3.54. The first kappa shape index (κ1) is 24.1. The van der Waals surface area contributed by atoms with Crippen molar-refractivity contribution in [3.05, 3.63) is 64.5 Å². The number of carbonyl (C=O) groups is 1. The summed E-state index contributed by atoms with van der Waals surface area (Å²) in [6.07, 6.45) is 1.15. The van der Waals surface area contributed by atoms with Crippen molar-refractivity contribution in [2.45, 2.75) is 38.3 Å². The van der Waals surface area contributed by atoms with E-state index in [2.05, 4.69) is 21.6 Å². The minimum absolute atomic E-state index is 0.0807. The standard InChI is InChI=1S/C24H23F4N3O2/c1-3-4-5-6-15-13-17(7-9-19(15)26)24(21(32)31(2)23(29)30-24)18-8-10-20(33-22(27)28)16(14-18)11-12-25/h7-10,13-14,22H,3-4,11-12H2,1-2H3,(H2,29,30). The van der Waals surface area contributed by atoms with Gasteiger partial charge in [-0.1, -0.05) is 30.9 Å². The largest absolute Gasteiger partial charge is 0.435 e. The van der Waals surface area contributed by atoms with Crippen LogP contribution in [0.5, 0.6) is 5.75 Å². The topological polar surface area (TPSA) is 67.9 Å². The SMILES string of the molecule is CCCC#Cc1cc(C2(c3ccc(OC(F)F)c(CCF)c3)N=C(N)N(C)C2=O)ccc1F. The molecular formula is C24H23F4N3O2. The van der Waals surface area contributed by atoms with Crippen molar-refractivity contribution in [1.82, 2.24) is 4.90 Å². The average molecular weight is 461 g/mol. The number of likely N-dealkylation sites (N-methyl/N-ethyl adjacent to an activating group) is 1. The molecule has 0 radical (unpaired) electrons. The number of ether oxygens (including phenoxy) is 1. The summed E-state index contributed by atoms with van der Waals surface area (Å²) in [7, 11) is 1.44.